The maximum Gasteiger partial charge on any atom is 0.179 e. The summed E-state index contributed by atoms with van der Waals surface area (Å²) < 4.78 is 6.28. The summed E-state index contributed by atoms with van der Waals surface area (Å²) in [6.45, 7) is 4.11. The van der Waals surface area contributed by atoms with Gasteiger partial charge in [0.2, 0.25) is 0 Å². The third-order valence-corrected chi connectivity index (χ3v) is 5.38. The van der Waals surface area contributed by atoms with Crippen molar-refractivity contribution < 1.29 is 4.74 Å². The average molecular weight is 359 g/mol. The van der Waals surface area contributed by atoms with E-state index in [1.165, 1.54) is 22.5 Å². The molecule has 4 rings (SSSR count). The zero-order valence-electron chi connectivity index (χ0n) is 15.2. The minimum absolute atomic E-state index is 0.0624. The third kappa shape index (κ3) is 2.69. The van der Waals surface area contributed by atoms with Crippen LogP contribution in [0.5, 0.6) is 5.75 Å². The van der Waals surface area contributed by atoms with E-state index in [4.69, 9.17) is 17.0 Å². The van der Waals surface area contributed by atoms with Crippen molar-refractivity contribution in [2.45, 2.75) is 19.8 Å². The number of ether oxygens (including phenoxy) is 1. The molecule has 0 unspecified atom stereocenters. The largest absolute Gasteiger partial charge is 0.449 e. The average Bonchev–Trinajstić information content (AvgIpc) is 2.65. The molecule has 2 nitrogen and oxygen atoms in total. The smallest absolute Gasteiger partial charge is 0.179 e. The highest BCUT2D eigenvalue weighted by molar-refractivity contribution is 7.80. The first-order valence-corrected chi connectivity index (χ1v) is 9.18. The standard InChI is InChI=1S/C23H21NOS/c1-15-9-8-10-16(2)22(15)25-23(26)21-17-11-4-6-13-19(17)24(3)20-14-7-5-12-18(20)21/h4-14,21H,1-3H3. The van der Waals surface area contributed by atoms with Crippen LogP contribution in [0.15, 0.2) is 66.7 Å². The summed E-state index contributed by atoms with van der Waals surface area (Å²) in [6, 6.07) is 23.0. The lowest BCUT2D eigenvalue weighted by atomic mass is 9.85. The van der Waals surface area contributed by atoms with Gasteiger partial charge in [-0.25, -0.2) is 0 Å². The van der Waals surface area contributed by atoms with Crippen LogP contribution in [0.25, 0.3) is 0 Å². The Morgan fingerprint density at radius 2 is 1.31 bits per heavy atom. The fourth-order valence-corrected chi connectivity index (χ4v) is 4.08. The first-order chi connectivity index (χ1) is 12.6. The van der Waals surface area contributed by atoms with Crippen molar-refractivity contribution in [3.05, 3.63) is 89.0 Å². The second kappa shape index (κ2) is 6.58. The van der Waals surface area contributed by atoms with Crippen molar-refractivity contribution in [3.8, 4) is 5.75 Å². The number of fused-ring (bicyclic) bond motifs is 2. The van der Waals surface area contributed by atoms with Crippen LogP contribution in [0.3, 0.4) is 0 Å². The predicted octanol–water partition coefficient (Wildman–Crippen LogP) is 5.92. The number of aryl methyl sites for hydroxylation is 2. The Morgan fingerprint density at radius 1 is 0.808 bits per heavy atom. The summed E-state index contributed by atoms with van der Waals surface area (Å²) in [5.74, 6) is 0.805. The second-order valence-electron chi connectivity index (χ2n) is 6.75. The molecule has 0 spiro atoms. The van der Waals surface area contributed by atoms with Gasteiger partial charge in [0.15, 0.2) is 5.05 Å². The first-order valence-electron chi connectivity index (χ1n) is 8.77. The number of thiocarbonyl (C=S) groups is 1. The highest BCUT2D eigenvalue weighted by Crippen LogP contribution is 2.45. The molecule has 1 aliphatic heterocycles. The second-order valence-corrected chi connectivity index (χ2v) is 7.15. The molecule has 1 heterocycles. The number of hydrogen-bond acceptors (Lipinski definition) is 3. The maximum atomic E-state index is 6.28. The molecule has 1 aliphatic rings. The summed E-state index contributed by atoms with van der Waals surface area (Å²) >= 11 is 5.83. The zero-order chi connectivity index (χ0) is 18.3. The monoisotopic (exact) mass is 359 g/mol. The number of para-hydroxylation sites is 3. The number of anilines is 2. The van der Waals surface area contributed by atoms with Gasteiger partial charge >= 0.3 is 0 Å². The predicted molar refractivity (Wildman–Crippen MR) is 112 cm³/mol. The van der Waals surface area contributed by atoms with E-state index in [-0.39, 0.29) is 5.92 Å². The Morgan fingerprint density at radius 3 is 1.85 bits per heavy atom. The summed E-state index contributed by atoms with van der Waals surface area (Å²) in [7, 11) is 2.10. The number of nitrogens with zero attached hydrogens (tertiary/aromatic N) is 1. The Bertz CT molecular complexity index is 927. The summed E-state index contributed by atoms with van der Waals surface area (Å²) in [5.41, 5.74) is 6.91. The summed E-state index contributed by atoms with van der Waals surface area (Å²) in [6.07, 6.45) is 0. The van der Waals surface area contributed by atoms with Gasteiger partial charge in [-0.1, -0.05) is 54.6 Å². The van der Waals surface area contributed by atoms with Crippen molar-refractivity contribution in [1.82, 2.24) is 0 Å². The third-order valence-electron chi connectivity index (χ3n) is 5.07. The number of rotatable bonds is 2. The normalized spacial score (nSPS) is 13.1. The molecule has 0 N–H and O–H groups in total. The quantitative estimate of drug-likeness (QED) is 0.527. The molecule has 0 amide bonds. The molecule has 0 fully saturated rings. The first kappa shape index (κ1) is 16.8. The van der Waals surface area contributed by atoms with Crippen LogP contribution < -0.4 is 9.64 Å². The lowest BCUT2D eigenvalue weighted by molar-refractivity contribution is 0.534. The molecule has 0 saturated carbocycles. The molecule has 3 aromatic carbocycles. The van der Waals surface area contributed by atoms with Gasteiger partial charge in [0.1, 0.15) is 5.75 Å². The SMILES string of the molecule is Cc1cccc(C)c1OC(=S)C1c2ccccc2N(C)c2ccccc21. The molecule has 130 valence electrons. The van der Waals surface area contributed by atoms with Gasteiger partial charge < -0.3 is 9.64 Å². The van der Waals surface area contributed by atoms with Gasteiger partial charge in [-0.2, -0.15) is 0 Å². The number of benzene rings is 3. The van der Waals surface area contributed by atoms with Crippen LogP contribution in [0, 0.1) is 13.8 Å². The highest BCUT2D eigenvalue weighted by atomic mass is 32.1. The van der Waals surface area contributed by atoms with Crippen LogP contribution in [-0.2, 0) is 0 Å². The molecular weight excluding hydrogens is 338 g/mol. The highest BCUT2D eigenvalue weighted by Gasteiger charge is 2.32. The Labute approximate surface area is 160 Å². The molecular formula is C23H21NOS. The van der Waals surface area contributed by atoms with Gasteiger partial charge in [-0.15, -0.1) is 0 Å². The zero-order valence-corrected chi connectivity index (χ0v) is 16.0. The van der Waals surface area contributed by atoms with E-state index in [2.05, 4.69) is 86.5 Å². The van der Waals surface area contributed by atoms with E-state index in [0.29, 0.717) is 5.05 Å². The lowest BCUT2D eigenvalue weighted by Gasteiger charge is -2.35. The van der Waals surface area contributed by atoms with Crippen LogP contribution in [0.4, 0.5) is 11.4 Å². The van der Waals surface area contributed by atoms with Gasteiger partial charge in [0.05, 0.1) is 5.92 Å². The topological polar surface area (TPSA) is 12.5 Å². The van der Waals surface area contributed by atoms with Crippen molar-refractivity contribution >= 4 is 28.6 Å². The summed E-state index contributed by atoms with van der Waals surface area (Å²) in [4.78, 5) is 2.22. The Hall–Kier alpha value is -2.65. The van der Waals surface area contributed by atoms with Gasteiger partial charge in [0.25, 0.3) is 0 Å². The van der Waals surface area contributed by atoms with E-state index < -0.39 is 0 Å². The van der Waals surface area contributed by atoms with Crippen molar-refractivity contribution in [2.75, 3.05) is 11.9 Å². The minimum atomic E-state index is -0.0624. The maximum absolute atomic E-state index is 6.28. The molecule has 26 heavy (non-hydrogen) atoms. The number of hydrogen-bond donors (Lipinski definition) is 0. The van der Waals surface area contributed by atoms with E-state index in [0.717, 1.165) is 16.9 Å². The van der Waals surface area contributed by atoms with Crippen molar-refractivity contribution in [3.63, 3.8) is 0 Å². The molecule has 3 aromatic rings. The van der Waals surface area contributed by atoms with Gasteiger partial charge in [0, 0.05) is 18.4 Å². The Kier molecular flexibility index (Phi) is 4.25. The van der Waals surface area contributed by atoms with Crippen molar-refractivity contribution in [1.29, 1.82) is 0 Å². The van der Waals surface area contributed by atoms with Crippen LogP contribution in [0.1, 0.15) is 28.2 Å². The fraction of sp³-hybridized carbons (Fsp3) is 0.174. The molecule has 0 saturated heterocycles. The van der Waals surface area contributed by atoms with E-state index in [9.17, 15) is 0 Å². The fourth-order valence-electron chi connectivity index (χ4n) is 3.75. The molecule has 0 aliphatic carbocycles. The van der Waals surface area contributed by atoms with Gasteiger partial charge in [-0.3, -0.25) is 0 Å². The Balaban J connectivity index is 1.81. The van der Waals surface area contributed by atoms with Crippen LogP contribution >= 0.6 is 12.2 Å². The minimum Gasteiger partial charge on any atom is -0.449 e. The van der Waals surface area contributed by atoms with E-state index in [1.54, 1.807) is 0 Å². The molecule has 0 radical (unpaired) electrons. The molecule has 0 aromatic heterocycles. The van der Waals surface area contributed by atoms with Crippen LogP contribution in [-0.4, -0.2) is 12.1 Å². The van der Waals surface area contributed by atoms with E-state index in [1.807, 2.05) is 6.07 Å². The lowest BCUT2D eigenvalue weighted by Crippen LogP contribution is -2.27. The summed E-state index contributed by atoms with van der Waals surface area (Å²) in [5, 5.41) is 0.593. The van der Waals surface area contributed by atoms with Gasteiger partial charge in [-0.05, 0) is 60.5 Å². The van der Waals surface area contributed by atoms with Crippen LogP contribution in [0.2, 0.25) is 0 Å². The van der Waals surface area contributed by atoms with Crippen molar-refractivity contribution in [2.24, 2.45) is 0 Å². The van der Waals surface area contributed by atoms with E-state index >= 15 is 0 Å². The molecule has 0 atom stereocenters. The molecule has 0 bridgehead atoms. The molecule has 3 heteroatoms.